The fourth-order valence-corrected chi connectivity index (χ4v) is 3.52. The molecule has 0 saturated carbocycles. The summed E-state index contributed by atoms with van der Waals surface area (Å²) >= 11 is 0. The number of amides is 1. The van der Waals surface area contributed by atoms with Crippen LogP contribution in [0.15, 0.2) is 18.2 Å². The van der Waals surface area contributed by atoms with Gasteiger partial charge in [-0.15, -0.1) is 0 Å². The van der Waals surface area contributed by atoms with Gasteiger partial charge >= 0.3 is 5.97 Å². The average Bonchev–Trinajstić information content (AvgIpc) is 2.98. The molecule has 0 aliphatic heterocycles. The Labute approximate surface area is 144 Å². The molecule has 24 heavy (non-hydrogen) atoms. The van der Waals surface area contributed by atoms with E-state index in [0.29, 0.717) is 13.0 Å². The number of nitrogens with one attached hydrogen (secondary N) is 1. The van der Waals surface area contributed by atoms with Gasteiger partial charge in [-0.05, 0) is 54.7 Å². The lowest BCUT2D eigenvalue weighted by Crippen LogP contribution is -2.32. The SMILES string of the molecule is CC(C)C(C(=O)NCCCCCC(=O)O)c1ccc2c(c1)CCC2. The van der Waals surface area contributed by atoms with Gasteiger partial charge in [-0.1, -0.05) is 38.5 Å². The van der Waals surface area contributed by atoms with E-state index in [4.69, 9.17) is 5.11 Å². The van der Waals surface area contributed by atoms with Crippen molar-refractivity contribution < 1.29 is 14.7 Å². The van der Waals surface area contributed by atoms with Gasteiger partial charge in [-0.25, -0.2) is 0 Å². The fraction of sp³-hybridized carbons (Fsp3) is 0.600. The summed E-state index contributed by atoms with van der Waals surface area (Å²) in [5, 5.41) is 11.6. The molecule has 1 aliphatic rings. The van der Waals surface area contributed by atoms with Crippen molar-refractivity contribution in [2.75, 3.05) is 6.54 Å². The van der Waals surface area contributed by atoms with Crippen molar-refractivity contribution in [3.05, 3.63) is 34.9 Å². The normalized spacial score (nSPS) is 14.5. The van der Waals surface area contributed by atoms with Crippen molar-refractivity contribution in [2.45, 2.75) is 64.7 Å². The van der Waals surface area contributed by atoms with Gasteiger partial charge < -0.3 is 10.4 Å². The highest BCUT2D eigenvalue weighted by Gasteiger charge is 2.25. The van der Waals surface area contributed by atoms with Crippen LogP contribution in [0.3, 0.4) is 0 Å². The second kappa shape index (κ2) is 8.86. The molecule has 1 unspecified atom stereocenters. The highest BCUT2D eigenvalue weighted by atomic mass is 16.4. The Hall–Kier alpha value is -1.84. The molecule has 2 N–H and O–H groups in total. The van der Waals surface area contributed by atoms with Crippen LogP contribution < -0.4 is 5.32 Å². The summed E-state index contributed by atoms with van der Waals surface area (Å²) in [5.41, 5.74) is 3.95. The van der Waals surface area contributed by atoms with E-state index in [-0.39, 0.29) is 24.2 Å². The lowest BCUT2D eigenvalue weighted by Gasteiger charge is -2.21. The van der Waals surface area contributed by atoms with Crippen molar-refractivity contribution in [1.82, 2.24) is 5.32 Å². The van der Waals surface area contributed by atoms with Gasteiger partial charge in [0.15, 0.2) is 0 Å². The van der Waals surface area contributed by atoms with Crippen molar-refractivity contribution in [2.24, 2.45) is 5.92 Å². The summed E-state index contributed by atoms with van der Waals surface area (Å²) in [4.78, 5) is 23.1. The average molecular weight is 331 g/mol. The second-order valence-electron chi connectivity index (χ2n) is 7.10. The molecule has 1 amide bonds. The predicted molar refractivity (Wildman–Crippen MR) is 95.2 cm³/mol. The van der Waals surface area contributed by atoms with Crippen molar-refractivity contribution in [1.29, 1.82) is 0 Å². The first kappa shape index (κ1) is 18.5. The van der Waals surface area contributed by atoms with Crippen LogP contribution in [-0.4, -0.2) is 23.5 Å². The number of aliphatic carboxylic acids is 1. The molecular formula is C20H29NO3. The molecule has 1 aliphatic carbocycles. The van der Waals surface area contributed by atoms with E-state index in [2.05, 4.69) is 37.4 Å². The minimum atomic E-state index is -0.754. The predicted octanol–water partition coefficient (Wildman–Crippen LogP) is 3.68. The smallest absolute Gasteiger partial charge is 0.303 e. The zero-order chi connectivity index (χ0) is 17.5. The molecule has 1 aromatic carbocycles. The molecule has 0 bridgehead atoms. The molecule has 1 atom stereocenters. The summed E-state index contributed by atoms with van der Waals surface area (Å²) in [5.74, 6) is -0.539. The number of carbonyl (C=O) groups is 2. The largest absolute Gasteiger partial charge is 0.481 e. The van der Waals surface area contributed by atoms with E-state index in [0.717, 1.165) is 31.2 Å². The van der Waals surface area contributed by atoms with Crippen LogP contribution in [-0.2, 0) is 22.4 Å². The number of rotatable bonds is 9. The standard InChI is InChI=1S/C20H29NO3/c1-14(2)19(17-11-10-15-7-6-8-16(15)13-17)20(24)21-12-5-3-4-9-18(22)23/h10-11,13-14,19H,3-9,12H2,1-2H3,(H,21,24)(H,22,23). The summed E-state index contributed by atoms with van der Waals surface area (Å²) in [6, 6.07) is 6.52. The Balaban J connectivity index is 1.88. The number of hydrogen-bond donors (Lipinski definition) is 2. The van der Waals surface area contributed by atoms with Crippen LogP contribution in [0, 0.1) is 5.92 Å². The van der Waals surface area contributed by atoms with Crippen LogP contribution in [0.4, 0.5) is 0 Å². The Morgan fingerprint density at radius 1 is 1.12 bits per heavy atom. The zero-order valence-electron chi connectivity index (χ0n) is 14.8. The monoisotopic (exact) mass is 331 g/mol. The Bertz CT molecular complexity index is 580. The molecule has 0 radical (unpaired) electrons. The molecule has 0 fully saturated rings. The minimum absolute atomic E-state index is 0.0844. The third kappa shape index (κ3) is 5.08. The van der Waals surface area contributed by atoms with Crippen molar-refractivity contribution in [3.63, 3.8) is 0 Å². The highest BCUT2D eigenvalue weighted by Crippen LogP contribution is 2.30. The first-order valence-corrected chi connectivity index (χ1v) is 9.10. The first-order chi connectivity index (χ1) is 11.5. The van der Waals surface area contributed by atoms with Crippen LogP contribution >= 0.6 is 0 Å². The lowest BCUT2D eigenvalue weighted by atomic mass is 9.86. The van der Waals surface area contributed by atoms with Gasteiger partial charge in [0.2, 0.25) is 5.91 Å². The molecule has 1 aromatic rings. The molecular weight excluding hydrogens is 302 g/mol. The van der Waals surface area contributed by atoms with Crippen LogP contribution in [0.5, 0.6) is 0 Å². The Morgan fingerprint density at radius 2 is 1.88 bits per heavy atom. The zero-order valence-corrected chi connectivity index (χ0v) is 14.8. The summed E-state index contributed by atoms with van der Waals surface area (Å²) in [7, 11) is 0. The van der Waals surface area contributed by atoms with E-state index in [9.17, 15) is 9.59 Å². The van der Waals surface area contributed by atoms with E-state index in [1.54, 1.807) is 0 Å². The topological polar surface area (TPSA) is 66.4 Å². The fourth-order valence-electron chi connectivity index (χ4n) is 3.52. The summed E-state index contributed by atoms with van der Waals surface area (Å²) < 4.78 is 0. The molecule has 4 nitrogen and oxygen atoms in total. The number of carboxylic acid groups (broad SMARTS) is 1. The Kier molecular flexibility index (Phi) is 6.83. The molecule has 0 aromatic heterocycles. The molecule has 0 saturated heterocycles. The number of benzene rings is 1. The number of unbranched alkanes of at least 4 members (excludes halogenated alkanes) is 2. The van der Waals surface area contributed by atoms with Crippen LogP contribution in [0.2, 0.25) is 0 Å². The number of carbonyl (C=O) groups excluding carboxylic acids is 1. The number of aryl methyl sites for hydroxylation is 2. The van der Waals surface area contributed by atoms with Gasteiger partial charge in [-0.2, -0.15) is 0 Å². The quantitative estimate of drug-likeness (QED) is 0.678. The molecule has 0 heterocycles. The summed E-state index contributed by atoms with van der Waals surface area (Å²) in [6.45, 7) is 4.79. The minimum Gasteiger partial charge on any atom is -0.481 e. The number of carboxylic acids is 1. The van der Waals surface area contributed by atoms with Crippen molar-refractivity contribution in [3.8, 4) is 0 Å². The highest BCUT2D eigenvalue weighted by molar-refractivity contribution is 5.84. The van der Waals surface area contributed by atoms with Gasteiger partial charge in [0.25, 0.3) is 0 Å². The van der Waals surface area contributed by atoms with E-state index in [1.165, 1.54) is 17.5 Å². The molecule has 132 valence electrons. The van der Waals surface area contributed by atoms with Gasteiger partial charge in [0, 0.05) is 13.0 Å². The maximum atomic E-state index is 12.6. The molecule has 4 heteroatoms. The third-order valence-corrected chi connectivity index (χ3v) is 4.80. The number of fused-ring (bicyclic) bond motifs is 1. The second-order valence-corrected chi connectivity index (χ2v) is 7.10. The van der Waals surface area contributed by atoms with Crippen molar-refractivity contribution >= 4 is 11.9 Å². The van der Waals surface area contributed by atoms with E-state index >= 15 is 0 Å². The lowest BCUT2D eigenvalue weighted by molar-refractivity contribution is -0.137. The van der Waals surface area contributed by atoms with Crippen LogP contribution in [0.1, 0.15) is 68.6 Å². The first-order valence-electron chi connectivity index (χ1n) is 9.10. The van der Waals surface area contributed by atoms with Gasteiger partial charge in [-0.3, -0.25) is 9.59 Å². The maximum Gasteiger partial charge on any atom is 0.303 e. The molecule has 0 spiro atoms. The molecule has 2 rings (SSSR count). The van der Waals surface area contributed by atoms with Gasteiger partial charge in [0.05, 0.1) is 5.92 Å². The summed E-state index contributed by atoms with van der Waals surface area (Å²) in [6.07, 6.45) is 6.03. The van der Waals surface area contributed by atoms with E-state index < -0.39 is 5.97 Å². The third-order valence-electron chi connectivity index (χ3n) is 4.80. The van der Waals surface area contributed by atoms with Gasteiger partial charge in [0.1, 0.15) is 0 Å². The number of hydrogen-bond acceptors (Lipinski definition) is 2. The van der Waals surface area contributed by atoms with E-state index in [1.807, 2.05) is 0 Å². The van der Waals surface area contributed by atoms with Crippen LogP contribution in [0.25, 0.3) is 0 Å². The Morgan fingerprint density at radius 3 is 2.58 bits per heavy atom. The maximum absolute atomic E-state index is 12.6.